The Labute approximate surface area is 116 Å². The van der Waals surface area contributed by atoms with Crippen molar-refractivity contribution in [2.24, 2.45) is 0 Å². The van der Waals surface area contributed by atoms with E-state index in [1.807, 2.05) is 0 Å². The van der Waals surface area contributed by atoms with Gasteiger partial charge in [0.05, 0.1) is 20.3 Å². The first-order chi connectivity index (χ1) is 9.04. The van der Waals surface area contributed by atoms with E-state index in [2.05, 4.69) is 44.3 Å². The van der Waals surface area contributed by atoms with Crippen LogP contribution in [0.2, 0.25) is 0 Å². The van der Waals surface area contributed by atoms with Gasteiger partial charge in [-0.3, -0.25) is 0 Å². The monoisotopic (exact) mass is 263 g/mol. The molecule has 1 aliphatic heterocycles. The molecule has 0 spiro atoms. The topological polar surface area (TPSA) is 30.5 Å². The maximum absolute atomic E-state index is 5.61. The Morgan fingerprint density at radius 3 is 2.79 bits per heavy atom. The predicted molar refractivity (Wildman–Crippen MR) is 78.0 cm³/mol. The Balaban J connectivity index is 2.23. The summed E-state index contributed by atoms with van der Waals surface area (Å²) in [4.78, 5) is 0. The maximum Gasteiger partial charge on any atom is 0.122 e. The molecular formula is C16H25NO2. The van der Waals surface area contributed by atoms with E-state index < -0.39 is 0 Å². The zero-order valence-electron chi connectivity index (χ0n) is 12.5. The average Bonchev–Trinajstić information content (AvgIpc) is 2.39. The number of ether oxygens (including phenoxy) is 2. The minimum absolute atomic E-state index is 0.00112. The van der Waals surface area contributed by atoms with E-state index in [0.717, 1.165) is 31.9 Å². The van der Waals surface area contributed by atoms with E-state index in [9.17, 15) is 0 Å². The van der Waals surface area contributed by atoms with Gasteiger partial charge in [0.25, 0.3) is 0 Å². The van der Waals surface area contributed by atoms with Crippen molar-refractivity contribution >= 4 is 0 Å². The summed E-state index contributed by atoms with van der Waals surface area (Å²) in [5, 5.41) is 3.56. The Bertz CT molecular complexity index is 423. The largest absolute Gasteiger partial charge is 0.496 e. The highest BCUT2D eigenvalue weighted by Crippen LogP contribution is 2.28. The second-order valence-corrected chi connectivity index (χ2v) is 5.94. The van der Waals surface area contributed by atoms with Crippen LogP contribution in [0.5, 0.6) is 5.75 Å². The third-order valence-corrected chi connectivity index (χ3v) is 3.77. The molecule has 0 amide bonds. The fourth-order valence-corrected chi connectivity index (χ4v) is 2.60. The van der Waals surface area contributed by atoms with Crippen LogP contribution in [0.4, 0.5) is 0 Å². The van der Waals surface area contributed by atoms with E-state index in [1.165, 1.54) is 11.1 Å². The summed E-state index contributed by atoms with van der Waals surface area (Å²) in [6, 6.07) is 6.50. The molecule has 1 aromatic rings. The average molecular weight is 263 g/mol. The lowest BCUT2D eigenvalue weighted by atomic mass is 9.90. The number of hydrogen-bond donors (Lipinski definition) is 1. The van der Waals surface area contributed by atoms with Gasteiger partial charge in [-0.15, -0.1) is 0 Å². The molecule has 1 saturated heterocycles. The molecule has 1 aliphatic rings. The van der Waals surface area contributed by atoms with Crippen molar-refractivity contribution in [1.82, 2.24) is 5.32 Å². The van der Waals surface area contributed by atoms with Crippen LogP contribution in [-0.4, -0.2) is 32.4 Å². The predicted octanol–water partition coefficient (Wildman–Crippen LogP) is 2.74. The number of methoxy groups -OCH3 is 1. The van der Waals surface area contributed by atoms with Crippen LogP contribution in [0.1, 0.15) is 37.8 Å². The first-order valence-corrected chi connectivity index (χ1v) is 7.04. The summed E-state index contributed by atoms with van der Waals surface area (Å²) < 4.78 is 11.1. The summed E-state index contributed by atoms with van der Waals surface area (Å²) in [6.07, 6.45) is 0.927. The van der Waals surface area contributed by atoms with Gasteiger partial charge in [0.1, 0.15) is 5.75 Å². The number of nitrogens with one attached hydrogen (secondary N) is 1. The van der Waals surface area contributed by atoms with Gasteiger partial charge < -0.3 is 14.8 Å². The lowest BCUT2D eigenvalue weighted by Gasteiger charge is -2.35. The summed E-state index contributed by atoms with van der Waals surface area (Å²) in [7, 11) is 1.74. The summed E-state index contributed by atoms with van der Waals surface area (Å²) >= 11 is 0. The van der Waals surface area contributed by atoms with Crippen LogP contribution in [0.25, 0.3) is 0 Å². The summed E-state index contributed by atoms with van der Waals surface area (Å²) in [5.74, 6) is 1.51. The van der Waals surface area contributed by atoms with Gasteiger partial charge >= 0.3 is 0 Å². The van der Waals surface area contributed by atoms with E-state index in [-0.39, 0.29) is 5.54 Å². The van der Waals surface area contributed by atoms with E-state index in [4.69, 9.17) is 9.47 Å². The van der Waals surface area contributed by atoms with Crippen LogP contribution in [0, 0.1) is 0 Å². The molecule has 0 saturated carbocycles. The van der Waals surface area contributed by atoms with Gasteiger partial charge in [0.15, 0.2) is 0 Å². The third kappa shape index (κ3) is 3.48. The lowest BCUT2D eigenvalue weighted by Crippen LogP contribution is -2.53. The van der Waals surface area contributed by atoms with Gasteiger partial charge in [-0.05, 0) is 36.5 Å². The van der Waals surface area contributed by atoms with Crippen molar-refractivity contribution < 1.29 is 9.47 Å². The number of rotatable bonds is 4. The molecule has 2 rings (SSSR count). The molecule has 3 heteroatoms. The van der Waals surface area contributed by atoms with Crippen molar-refractivity contribution in [3.8, 4) is 5.75 Å². The van der Waals surface area contributed by atoms with Crippen LogP contribution in [0.3, 0.4) is 0 Å². The van der Waals surface area contributed by atoms with Gasteiger partial charge in [-0.2, -0.15) is 0 Å². The molecule has 1 unspecified atom stereocenters. The molecule has 106 valence electrons. The highest BCUT2D eigenvalue weighted by molar-refractivity contribution is 5.39. The molecule has 1 heterocycles. The van der Waals surface area contributed by atoms with Crippen LogP contribution in [-0.2, 0) is 11.2 Å². The lowest BCUT2D eigenvalue weighted by molar-refractivity contribution is 0.0353. The van der Waals surface area contributed by atoms with Crippen molar-refractivity contribution in [2.75, 3.05) is 26.9 Å². The molecule has 3 nitrogen and oxygen atoms in total. The number of hydrogen-bond acceptors (Lipinski definition) is 3. The van der Waals surface area contributed by atoms with Gasteiger partial charge in [0, 0.05) is 12.1 Å². The highest BCUT2D eigenvalue weighted by atomic mass is 16.5. The molecule has 1 atom stereocenters. The van der Waals surface area contributed by atoms with E-state index in [1.54, 1.807) is 7.11 Å². The normalized spacial score (nSPS) is 23.6. The molecule has 19 heavy (non-hydrogen) atoms. The van der Waals surface area contributed by atoms with Crippen molar-refractivity contribution in [2.45, 2.75) is 38.6 Å². The molecule has 1 aromatic carbocycles. The minimum Gasteiger partial charge on any atom is -0.496 e. The second-order valence-electron chi connectivity index (χ2n) is 5.94. The van der Waals surface area contributed by atoms with Gasteiger partial charge in [0.2, 0.25) is 0 Å². The molecular weight excluding hydrogens is 238 g/mol. The molecule has 1 N–H and O–H groups in total. The third-order valence-electron chi connectivity index (χ3n) is 3.77. The fraction of sp³-hybridized carbons (Fsp3) is 0.625. The molecule has 0 aliphatic carbocycles. The summed E-state index contributed by atoms with van der Waals surface area (Å²) in [6.45, 7) is 9.13. The first-order valence-electron chi connectivity index (χ1n) is 7.04. The number of benzene rings is 1. The minimum atomic E-state index is 0.00112. The maximum atomic E-state index is 5.61. The van der Waals surface area contributed by atoms with E-state index in [0.29, 0.717) is 5.92 Å². The fourth-order valence-electron chi connectivity index (χ4n) is 2.60. The Morgan fingerprint density at radius 1 is 1.42 bits per heavy atom. The summed E-state index contributed by atoms with van der Waals surface area (Å²) in [5.41, 5.74) is 2.62. The molecule has 0 bridgehead atoms. The van der Waals surface area contributed by atoms with Crippen molar-refractivity contribution in [1.29, 1.82) is 0 Å². The second kappa shape index (κ2) is 5.93. The van der Waals surface area contributed by atoms with Gasteiger partial charge in [-0.25, -0.2) is 0 Å². The standard InChI is InChI=1S/C16H25NO2/c1-12(2)13-5-6-15(18-4)14(9-13)10-16(3)11-19-8-7-17-16/h5-6,9,12,17H,7-8,10-11H2,1-4H3. The van der Waals surface area contributed by atoms with Crippen LogP contribution in [0.15, 0.2) is 18.2 Å². The zero-order valence-corrected chi connectivity index (χ0v) is 12.5. The SMILES string of the molecule is COc1ccc(C(C)C)cc1CC1(C)COCCN1. The Hall–Kier alpha value is -1.06. The Kier molecular flexibility index (Phi) is 4.48. The van der Waals surface area contributed by atoms with Crippen molar-refractivity contribution in [3.05, 3.63) is 29.3 Å². The van der Waals surface area contributed by atoms with Crippen LogP contribution < -0.4 is 10.1 Å². The zero-order chi connectivity index (χ0) is 13.9. The molecule has 1 fully saturated rings. The quantitative estimate of drug-likeness (QED) is 0.906. The number of morpholine rings is 1. The van der Waals surface area contributed by atoms with Crippen molar-refractivity contribution in [3.63, 3.8) is 0 Å². The molecule has 0 radical (unpaired) electrons. The Morgan fingerprint density at radius 2 is 2.21 bits per heavy atom. The van der Waals surface area contributed by atoms with Gasteiger partial charge in [-0.1, -0.05) is 26.0 Å². The van der Waals surface area contributed by atoms with E-state index >= 15 is 0 Å². The molecule has 0 aromatic heterocycles. The smallest absolute Gasteiger partial charge is 0.122 e. The highest BCUT2D eigenvalue weighted by Gasteiger charge is 2.28. The first kappa shape index (κ1) is 14.4. The van der Waals surface area contributed by atoms with Crippen LogP contribution >= 0.6 is 0 Å².